The number of carbonyl (C=O) groups excluding carboxylic acids is 1. The summed E-state index contributed by atoms with van der Waals surface area (Å²) in [6.45, 7) is 2.70. The van der Waals surface area contributed by atoms with Crippen molar-refractivity contribution in [1.82, 2.24) is 4.98 Å². The van der Waals surface area contributed by atoms with Crippen LogP contribution in [-0.4, -0.2) is 40.3 Å². The summed E-state index contributed by atoms with van der Waals surface area (Å²) in [7, 11) is -0.818. The maximum atomic E-state index is 11.3. The van der Waals surface area contributed by atoms with Crippen molar-refractivity contribution in [1.29, 1.82) is 0 Å². The van der Waals surface area contributed by atoms with Crippen molar-refractivity contribution in [2.24, 2.45) is 0 Å². The molecule has 1 heterocycles. The largest absolute Gasteiger partial charge is 0.462 e. The Hall–Kier alpha value is -1.43. The van der Waals surface area contributed by atoms with E-state index >= 15 is 0 Å². The Labute approximate surface area is 103 Å². The third kappa shape index (κ3) is 4.95. The minimum atomic E-state index is -0.818. The van der Waals surface area contributed by atoms with Crippen LogP contribution in [0, 0.1) is 0 Å². The molecule has 1 atom stereocenters. The fourth-order valence-corrected chi connectivity index (χ4v) is 1.55. The molecule has 0 amide bonds. The molecule has 5 nitrogen and oxygen atoms in total. The quantitative estimate of drug-likeness (QED) is 0.770. The van der Waals surface area contributed by atoms with Gasteiger partial charge < -0.3 is 10.1 Å². The van der Waals surface area contributed by atoms with E-state index in [9.17, 15) is 9.00 Å². The number of ether oxygens (including phenoxy) is 1. The molecule has 0 spiro atoms. The number of anilines is 1. The van der Waals surface area contributed by atoms with Gasteiger partial charge in [-0.15, -0.1) is 0 Å². The van der Waals surface area contributed by atoms with Crippen LogP contribution >= 0.6 is 0 Å². The van der Waals surface area contributed by atoms with Crippen molar-refractivity contribution in [3.8, 4) is 0 Å². The zero-order valence-corrected chi connectivity index (χ0v) is 10.8. The van der Waals surface area contributed by atoms with Crippen LogP contribution in [0.1, 0.15) is 17.3 Å². The first-order valence-electron chi connectivity index (χ1n) is 5.30. The van der Waals surface area contributed by atoms with Crippen LogP contribution < -0.4 is 5.32 Å². The second-order valence-electron chi connectivity index (χ2n) is 3.36. The van der Waals surface area contributed by atoms with Crippen LogP contribution in [0.5, 0.6) is 0 Å². The number of rotatable bonds is 6. The van der Waals surface area contributed by atoms with Crippen molar-refractivity contribution in [3.05, 3.63) is 23.9 Å². The number of aromatic nitrogens is 1. The molecule has 0 bridgehead atoms. The molecule has 0 aromatic carbocycles. The van der Waals surface area contributed by atoms with Gasteiger partial charge in [-0.2, -0.15) is 0 Å². The zero-order valence-electron chi connectivity index (χ0n) is 9.93. The van der Waals surface area contributed by atoms with E-state index in [0.29, 0.717) is 30.3 Å². The van der Waals surface area contributed by atoms with Gasteiger partial charge in [-0.05, 0) is 19.1 Å². The van der Waals surface area contributed by atoms with Crippen molar-refractivity contribution in [3.63, 3.8) is 0 Å². The topological polar surface area (TPSA) is 68.3 Å². The minimum Gasteiger partial charge on any atom is -0.462 e. The zero-order chi connectivity index (χ0) is 12.7. The van der Waals surface area contributed by atoms with Gasteiger partial charge >= 0.3 is 5.97 Å². The lowest BCUT2D eigenvalue weighted by atomic mass is 10.3. The van der Waals surface area contributed by atoms with E-state index in [0.717, 1.165) is 0 Å². The molecule has 0 aliphatic carbocycles. The average Bonchev–Trinajstić information content (AvgIpc) is 2.30. The third-order valence-electron chi connectivity index (χ3n) is 1.97. The van der Waals surface area contributed by atoms with Crippen molar-refractivity contribution >= 4 is 22.6 Å². The smallest absolute Gasteiger partial charge is 0.339 e. The Kier molecular flexibility index (Phi) is 5.62. The standard InChI is InChI=1S/C11H16N2O3S/c1-3-16-11(14)9-4-5-10(13-8-9)12-6-7-17(2)15/h4-5,8H,3,6-7H2,1-2H3,(H,12,13). The fourth-order valence-electron chi connectivity index (χ4n) is 1.16. The first-order chi connectivity index (χ1) is 8.13. The molecule has 0 saturated carbocycles. The molecular weight excluding hydrogens is 240 g/mol. The number of carbonyl (C=O) groups is 1. The van der Waals surface area contributed by atoms with Crippen LogP contribution in [0.3, 0.4) is 0 Å². The molecule has 1 N–H and O–H groups in total. The highest BCUT2D eigenvalue weighted by molar-refractivity contribution is 7.84. The normalized spacial score (nSPS) is 11.9. The highest BCUT2D eigenvalue weighted by atomic mass is 32.2. The van der Waals surface area contributed by atoms with Crippen LogP contribution in [0.4, 0.5) is 5.82 Å². The highest BCUT2D eigenvalue weighted by Gasteiger charge is 2.06. The van der Waals surface area contributed by atoms with Gasteiger partial charge in [0.15, 0.2) is 0 Å². The number of hydrogen-bond acceptors (Lipinski definition) is 5. The number of esters is 1. The second kappa shape index (κ2) is 7.01. The van der Waals surface area contributed by atoms with E-state index < -0.39 is 10.8 Å². The van der Waals surface area contributed by atoms with Crippen molar-refractivity contribution < 1.29 is 13.7 Å². The molecule has 1 aromatic rings. The number of nitrogens with zero attached hydrogens (tertiary/aromatic N) is 1. The second-order valence-corrected chi connectivity index (χ2v) is 4.91. The van der Waals surface area contributed by atoms with E-state index in [-0.39, 0.29) is 5.97 Å². The van der Waals surface area contributed by atoms with Gasteiger partial charge in [0.2, 0.25) is 0 Å². The molecule has 94 valence electrons. The van der Waals surface area contributed by atoms with E-state index in [1.165, 1.54) is 6.20 Å². The Morgan fingerprint density at radius 2 is 2.29 bits per heavy atom. The fraction of sp³-hybridized carbons (Fsp3) is 0.455. The van der Waals surface area contributed by atoms with E-state index in [1.807, 2.05) is 0 Å². The first-order valence-corrected chi connectivity index (χ1v) is 7.03. The predicted octanol–water partition coefficient (Wildman–Crippen LogP) is 1.05. The van der Waals surface area contributed by atoms with E-state index in [4.69, 9.17) is 4.74 Å². The molecule has 1 unspecified atom stereocenters. The monoisotopic (exact) mass is 256 g/mol. The number of pyridine rings is 1. The molecule has 17 heavy (non-hydrogen) atoms. The first kappa shape index (κ1) is 13.6. The van der Waals surface area contributed by atoms with Gasteiger partial charge in [-0.1, -0.05) is 0 Å². The SMILES string of the molecule is CCOC(=O)c1ccc(NCCS(C)=O)nc1. The predicted molar refractivity (Wildman–Crippen MR) is 67.6 cm³/mol. The maximum Gasteiger partial charge on any atom is 0.339 e. The van der Waals surface area contributed by atoms with Crippen molar-refractivity contribution in [2.75, 3.05) is 30.5 Å². The maximum absolute atomic E-state index is 11.3. The molecule has 1 aromatic heterocycles. The molecule has 0 saturated heterocycles. The van der Waals surface area contributed by atoms with Gasteiger partial charge in [0, 0.05) is 35.5 Å². The molecule has 0 aliphatic rings. The Morgan fingerprint density at radius 3 is 2.82 bits per heavy atom. The lowest BCUT2D eigenvalue weighted by molar-refractivity contribution is 0.0526. The van der Waals surface area contributed by atoms with Crippen LogP contribution in [0.15, 0.2) is 18.3 Å². The summed E-state index contributed by atoms with van der Waals surface area (Å²) < 4.78 is 15.7. The van der Waals surface area contributed by atoms with Gasteiger partial charge in [0.05, 0.1) is 12.2 Å². The van der Waals surface area contributed by atoms with Crippen LogP contribution in [0.25, 0.3) is 0 Å². The summed E-state index contributed by atoms with van der Waals surface area (Å²) in [6.07, 6.45) is 3.11. The third-order valence-corrected chi connectivity index (χ3v) is 2.75. The van der Waals surface area contributed by atoms with Gasteiger partial charge in [-0.3, -0.25) is 4.21 Å². The van der Waals surface area contributed by atoms with Gasteiger partial charge in [0.25, 0.3) is 0 Å². The number of hydrogen-bond donors (Lipinski definition) is 1. The van der Waals surface area contributed by atoms with Gasteiger partial charge in [0.1, 0.15) is 5.82 Å². The summed E-state index contributed by atoms with van der Waals surface area (Å²) in [4.78, 5) is 15.4. The molecule has 0 fully saturated rings. The van der Waals surface area contributed by atoms with E-state index in [2.05, 4.69) is 10.3 Å². The average molecular weight is 256 g/mol. The molecular formula is C11H16N2O3S. The van der Waals surface area contributed by atoms with Crippen molar-refractivity contribution in [2.45, 2.75) is 6.92 Å². The molecule has 0 radical (unpaired) electrons. The van der Waals surface area contributed by atoms with Crippen LogP contribution in [0.2, 0.25) is 0 Å². The lowest BCUT2D eigenvalue weighted by Gasteiger charge is -2.05. The molecule has 0 aliphatic heterocycles. The summed E-state index contributed by atoms with van der Waals surface area (Å²) in [5, 5.41) is 3.02. The van der Waals surface area contributed by atoms with E-state index in [1.54, 1.807) is 25.3 Å². The summed E-state index contributed by atoms with van der Waals surface area (Å²) in [5.74, 6) is 0.853. The summed E-state index contributed by atoms with van der Waals surface area (Å²) >= 11 is 0. The summed E-state index contributed by atoms with van der Waals surface area (Å²) in [6, 6.07) is 3.35. The highest BCUT2D eigenvalue weighted by Crippen LogP contribution is 2.06. The Bertz CT molecular complexity index is 392. The lowest BCUT2D eigenvalue weighted by Crippen LogP contribution is -2.11. The summed E-state index contributed by atoms with van der Waals surface area (Å²) in [5.41, 5.74) is 0.427. The molecule has 6 heteroatoms. The van der Waals surface area contributed by atoms with Crippen LogP contribution in [-0.2, 0) is 15.5 Å². The Balaban J connectivity index is 2.50. The number of nitrogens with one attached hydrogen (secondary N) is 1. The van der Waals surface area contributed by atoms with Gasteiger partial charge in [-0.25, -0.2) is 9.78 Å². The minimum absolute atomic E-state index is 0.348. The molecule has 1 rings (SSSR count). The Morgan fingerprint density at radius 1 is 1.53 bits per heavy atom.